The predicted molar refractivity (Wildman–Crippen MR) is 95.8 cm³/mol. The smallest absolute Gasteiger partial charge is 0.273 e. The molecule has 25 heavy (non-hydrogen) atoms. The first-order chi connectivity index (χ1) is 12.2. The molecule has 1 aliphatic carbocycles. The summed E-state index contributed by atoms with van der Waals surface area (Å²) in [7, 11) is 0. The monoisotopic (exact) mass is 356 g/mol. The molecule has 0 saturated carbocycles. The van der Waals surface area contributed by atoms with Crippen LogP contribution in [0.3, 0.4) is 0 Å². The molecular formula is C18H20N4O2S. The molecule has 0 saturated heterocycles. The maximum Gasteiger partial charge on any atom is 0.273 e. The van der Waals surface area contributed by atoms with Crippen LogP contribution >= 0.6 is 11.3 Å². The first-order valence-corrected chi connectivity index (χ1v) is 9.44. The van der Waals surface area contributed by atoms with E-state index < -0.39 is 0 Å². The highest BCUT2D eigenvalue weighted by Crippen LogP contribution is 2.25. The molecule has 0 atom stereocenters. The Morgan fingerprint density at radius 2 is 2.28 bits per heavy atom. The molecule has 3 heterocycles. The topological polar surface area (TPSA) is 73.0 Å². The van der Waals surface area contributed by atoms with Crippen LogP contribution in [0.4, 0.5) is 0 Å². The molecule has 1 aliphatic rings. The Balaban J connectivity index is 1.38. The summed E-state index contributed by atoms with van der Waals surface area (Å²) in [6.07, 6.45) is 3.96. The quantitative estimate of drug-likeness (QED) is 0.762. The van der Waals surface area contributed by atoms with Gasteiger partial charge in [-0.1, -0.05) is 11.2 Å². The average Bonchev–Trinajstić information content (AvgIpc) is 3.34. The van der Waals surface area contributed by atoms with E-state index in [1.54, 1.807) is 11.3 Å². The van der Waals surface area contributed by atoms with Gasteiger partial charge in [-0.3, -0.25) is 9.48 Å². The van der Waals surface area contributed by atoms with Crippen LogP contribution in [0.1, 0.15) is 40.3 Å². The molecule has 4 rings (SSSR count). The molecule has 0 aliphatic heterocycles. The lowest BCUT2D eigenvalue weighted by Crippen LogP contribution is -2.29. The third-order valence-corrected chi connectivity index (χ3v) is 5.42. The lowest BCUT2D eigenvalue weighted by atomic mass is 9.96. The van der Waals surface area contributed by atoms with E-state index in [1.807, 2.05) is 23.1 Å². The molecule has 6 nitrogen and oxygen atoms in total. The molecule has 0 radical (unpaired) electrons. The van der Waals surface area contributed by atoms with E-state index in [-0.39, 0.29) is 5.91 Å². The van der Waals surface area contributed by atoms with Gasteiger partial charge < -0.3 is 9.84 Å². The molecule has 0 unspecified atom stereocenters. The molecule has 1 amide bonds. The van der Waals surface area contributed by atoms with Gasteiger partial charge in [-0.2, -0.15) is 5.10 Å². The predicted octanol–water partition coefficient (Wildman–Crippen LogP) is 3.22. The molecule has 3 aromatic rings. The highest BCUT2D eigenvalue weighted by atomic mass is 32.1. The van der Waals surface area contributed by atoms with E-state index in [9.17, 15) is 4.79 Å². The lowest BCUT2D eigenvalue weighted by Gasteiger charge is -2.09. The fourth-order valence-corrected chi connectivity index (χ4v) is 3.88. The van der Waals surface area contributed by atoms with Gasteiger partial charge in [0, 0.05) is 24.2 Å². The summed E-state index contributed by atoms with van der Waals surface area (Å²) in [6, 6.07) is 6.15. The van der Waals surface area contributed by atoms with Crippen molar-refractivity contribution in [2.75, 3.05) is 6.54 Å². The third kappa shape index (κ3) is 3.24. The van der Waals surface area contributed by atoms with Crippen molar-refractivity contribution < 1.29 is 9.32 Å². The van der Waals surface area contributed by atoms with Crippen LogP contribution < -0.4 is 5.32 Å². The summed E-state index contributed by atoms with van der Waals surface area (Å²) in [6.45, 7) is 3.16. The van der Waals surface area contributed by atoms with Crippen molar-refractivity contribution in [2.24, 2.45) is 0 Å². The minimum atomic E-state index is -0.157. The van der Waals surface area contributed by atoms with Gasteiger partial charge in [0.2, 0.25) is 0 Å². The number of aromatic nitrogens is 3. The number of fused-ring (bicyclic) bond motifs is 1. The van der Waals surface area contributed by atoms with E-state index in [0.717, 1.165) is 53.3 Å². The van der Waals surface area contributed by atoms with Gasteiger partial charge in [0.25, 0.3) is 5.91 Å². The van der Waals surface area contributed by atoms with Crippen molar-refractivity contribution in [1.82, 2.24) is 20.3 Å². The van der Waals surface area contributed by atoms with Crippen LogP contribution in [-0.2, 0) is 19.4 Å². The van der Waals surface area contributed by atoms with Crippen LogP contribution in [0.25, 0.3) is 10.6 Å². The molecule has 0 bridgehead atoms. The molecule has 0 spiro atoms. The highest BCUT2D eigenvalue weighted by Gasteiger charge is 2.23. The number of thiophene rings is 1. The number of carbonyl (C=O) groups excluding carboxylic acids is 1. The van der Waals surface area contributed by atoms with Gasteiger partial charge in [0.15, 0.2) is 5.69 Å². The number of nitrogens with zero attached hydrogens (tertiary/aromatic N) is 3. The molecule has 0 fully saturated rings. The molecule has 1 N–H and O–H groups in total. The normalized spacial score (nSPS) is 13.6. The molecular weight excluding hydrogens is 336 g/mol. The van der Waals surface area contributed by atoms with E-state index in [1.165, 1.54) is 0 Å². The van der Waals surface area contributed by atoms with Gasteiger partial charge in [-0.15, -0.1) is 11.3 Å². The van der Waals surface area contributed by atoms with Crippen LogP contribution in [0.15, 0.2) is 28.1 Å². The van der Waals surface area contributed by atoms with Gasteiger partial charge in [-0.05, 0) is 43.7 Å². The van der Waals surface area contributed by atoms with Gasteiger partial charge in [0.1, 0.15) is 11.5 Å². The largest absolute Gasteiger partial charge is 0.360 e. The number of rotatable bonds is 5. The molecule has 0 aromatic carbocycles. The first-order valence-electron chi connectivity index (χ1n) is 8.56. The zero-order chi connectivity index (χ0) is 17.2. The van der Waals surface area contributed by atoms with Gasteiger partial charge >= 0.3 is 0 Å². The molecule has 130 valence electrons. The summed E-state index contributed by atoms with van der Waals surface area (Å²) in [4.78, 5) is 13.5. The average molecular weight is 356 g/mol. The van der Waals surface area contributed by atoms with Crippen molar-refractivity contribution in [3.63, 3.8) is 0 Å². The first kappa shape index (κ1) is 16.1. The fraction of sp³-hybridized carbons (Fsp3) is 0.389. The van der Waals surface area contributed by atoms with Crippen molar-refractivity contribution in [1.29, 1.82) is 0 Å². The Bertz CT molecular complexity index is 879. The van der Waals surface area contributed by atoms with Gasteiger partial charge in [-0.25, -0.2) is 0 Å². The molecule has 3 aromatic heterocycles. The van der Waals surface area contributed by atoms with E-state index in [2.05, 4.69) is 27.7 Å². The van der Waals surface area contributed by atoms with Crippen LogP contribution in [0.5, 0.6) is 0 Å². The second-order valence-electron chi connectivity index (χ2n) is 6.27. The summed E-state index contributed by atoms with van der Waals surface area (Å²) in [5.74, 6) is 0.718. The zero-order valence-electron chi connectivity index (χ0n) is 14.1. The second-order valence-corrected chi connectivity index (χ2v) is 7.22. The van der Waals surface area contributed by atoms with E-state index in [4.69, 9.17) is 4.52 Å². The zero-order valence-corrected chi connectivity index (χ0v) is 14.9. The van der Waals surface area contributed by atoms with E-state index in [0.29, 0.717) is 18.8 Å². The Labute approximate surface area is 149 Å². The summed E-state index contributed by atoms with van der Waals surface area (Å²) >= 11 is 1.67. The maximum atomic E-state index is 12.4. The second kappa shape index (κ2) is 6.84. The lowest BCUT2D eigenvalue weighted by molar-refractivity contribution is 0.0942. The Hall–Kier alpha value is -2.41. The number of carbonyl (C=O) groups is 1. The fourth-order valence-electron chi connectivity index (χ4n) is 3.20. The third-order valence-electron chi connectivity index (χ3n) is 4.53. The summed E-state index contributed by atoms with van der Waals surface area (Å²) in [5.41, 5.74) is 3.49. The number of hydrogen-bond donors (Lipinski definition) is 1. The van der Waals surface area contributed by atoms with Gasteiger partial charge in [0.05, 0.1) is 11.4 Å². The maximum absolute atomic E-state index is 12.4. The van der Waals surface area contributed by atoms with Crippen molar-refractivity contribution >= 4 is 17.2 Å². The Morgan fingerprint density at radius 1 is 1.40 bits per heavy atom. The summed E-state index contributed by atoms with van der Waals surface area (Å²) in [5, 5.41) is 13.6. The number of hydrogen-bond acceptors (Lipinski definition) is 5. The highest BCUT2D eigenvalue weighted by molar-refractivity contribution is 7.13. The number of aryl methyl sites for hydroxylation is 2. The van der Waals surface area contributed by atoms with Crippen LogP contribution in [-0.4, -0.2) is 27.4 Å². The molecule has 7 heteroatoms. The minimum Gasteiger partial charge on any atom is -0.360 e. The summed E-state index contributed by atoms with van der Waals surface area (Å²) < 4.78 is 7.23. The SMILES string of the molecule is Cc1cc(-c2cccs2)nn1CCNC(=O)c1noc2c1CCCC2. The minimum absolute atomic E-state index is 0.157. The number of amides is 1. The van der Waals surface area contributed by atoms with Crippen LogP contribution in [0, 0.1) is 6.92 Å². The van der Waals surface area contributed by atoms with Crippen molar-refractivity contribution in [3.05, 3.63) is 46.3 Å². The standard InChI is InChI=1S/C18H20N4O2S/c1-12-11-14(16-7-4-10-25-16)20-22(12)9-8-19-18(23)17-13-5-2-3-6-15(13)24-21-17/h4,7,10-11H,2-3,5-6,8-9H2,1H3,(H,19,23). The Kier molecular flexibility index (Phi) is 4.40. The van der Waals surface area contributed by atoms with E-state index >= 15 is 0 Å². The Morgan fingerprint density at radius 3 is 3.12 bits per heavy atom. The van der Waals surface area contributed by atoms with Crippen molar-refractivity contribution in [3.8, 4) is 10.6 Å². The van der Waals surface area contributed by atoms with Crippen LogP contribution in [0.2, 0.25) is 0 Å². The number of nitrogens with one attached hydrogen (secondary N) is 1. The van der Waals surface area contributed by atoms with Crippen molar-refractivity contribution in [2.45, 2.75) is 39.2 Å².